The van der Waals surface area contributed by atoms with Gasteiger partial charge < -0.3 is 20.7 Å². The fraction of sp³-hybridized carbons (Fsp3) is 0.409. The van der Waals surface area contributed by atoms with Gasteiger partial charge >= 0.3 is 0 Å². The Morgan fingerprint density at radius 1 is 1.34 bits per heavy atom. The summed E-state index contributed by atoms with van der Waals surface area (Å²) in [6.45, 7) is 5.48. The van der Waals surface area contributed by atoms with Gasteiger partial charge in [0.1, 0.15) is 5.82 Å². The van der Waals surface area contributed by atoms with E-state index >= 15 is 0 Å². The lowest BCUT2D eigenvalue weighted by Gasteiger charge is -2.38. The number of hydrazone groups is 1. The van der Waals surface area contributed by atoms with Gasteiger partial charge in [0, 0.05) is 18.7 Å². The van der Waals surface area contributed by atoms with Gasteiger partial charge in [-0.05, 0) is 57.0 Å². The number of halogens is 1. The molecule has 0 unspecified atom stereocenters. The Morgan fingerprint density at radius 3 is 2.78 bits per heavy atom. The number of hydrogen-bond donors (Lipinski definition) is 3. The van der Waals surface area contributed by atoms with Crippen LogP contribution < -0.4 is 15.6 Å². The Labute approximate surface area is 185 Å². The minimum absolute atomic E-state index is 0.0898. The molecule has 0 radical (unpaired) electrons. The van der Waals surface area contributed by atoms with E-state index in [0.717, 1.165) is 18.4 Å². The minimum Gasteiger partial charge on any atom is -0.393 e. The zero-order valence-corrected chi connectivity index (χ0v) is 18.1. The average Bonchev–Trinajstić information content (AvgIpc) is 2.78. The van der Waals surface area contributed by atoms with Crippen molar-refractivity contribution >= 4 is 30.1 Å². The largest absolute Gasteiger partial charge is 0.393 e. The standard InChI is InChI=1S/C22H26FN7O2/c1-12-8-16(20(24-2)29-25-3)17(23)9-15(12)18-10-26-21-22(27-18)30(11-19(32)28-21)13-4-6-14(31)7-5-13/h8-10,13-14,25,31H,2,4-7,11H2,1,3H3,(H,26,28,32)/b29-20-. The maximum absolute atomic E-state index is 14.9. The summed E-state index contributed by atoms with van der Waals surface area (Å²) in [7, 11) is 1.60. The number of anilines is 2. The fourth-order valence-corrected chi connectivity index (χ4v) is 4.29. The molecule has 1 fully saturated rings. The normalized spacial score (nSPS) is 21.1. The molecule has 3 N–H and O–H groups in total. The molecule has 1 aliphatic carbocycles. The molecule has 10 heteroatoms. The van der Waals surface area contributed by atoms with Gasteiger partial charge in [-0.15, -0.1) is 0 Å². The van der Waals surface area contributed by atoms with Crippen LogP contribution in [0.25, 0.3) is 11.3 Å². The molecule has 1 amide bonds. The quantitative estimate of drug-likeness (QED) is 0.382. The molecule has 0 saturated heterocycles. The zero-order chi connectivity index (χ0) is 22.8. The van der Waals surface area contributed by atoms with Crippen molar-refractivity contribution < 1.29 is 14.3 Å². The fourth-order valence-electron chi connectivity index (χ4n) is 4.29. The van der Waals surface area contributed by atoms with Crippen molar-refractivity contribution in [2.45, 2.75) is 44.8 Å². The molecular formula is C22H26FN7O2. The highest BCUT2D eigenvalue weighted by molar-refractivity contribution is 6.02. The molecule has 1 aliphatic heterocycles. The van der Waals surface area contributed by atoms with Crippen molar-refractivity contribution in [2.75, 3.05) is 23.8 Å². The van der Waals surface area contributed by atoms with E-state index in [1.807, 2.05) is 11.8 Å². The van der Waals surface area contributed by atoms with Crippen molar-refractivity contribution in [1.82, 2.24) is 15.4 Å². The topological polar surface area (TPSA) is 115 Å². The molecule has 2 aliphatic rings. The van der Waals surface area contributed by atoms with E-state index in [4.69, 9.17) is 4.98 Å². The highest BCUT2D eigenvalue weighted by Gasteiger charge is 2.33. The van der Waals surface area contributed by atoms with Gasteiger partial charge in [-0.1, -0.05) is 0 Å². The number of aliphatic imine (C=N–C) groups is 1. The number of hydrogen-bond acceptors (Lipinski definition) is 7. The molecule has 4 rings (SSSR count). The van der Waals surface area contributed by atoms with Gasteiger partial charge in [-0.25, -0.2) is 19.4 Å². The molecule has 9 nitrogen and oxygen atoms in total. The van der Waals surface area contributed by atoms with Crippen LogP contribution in [0.4, 0.5) is 16.0 Å². The van der Waals surface area contributed by atoms with E-state index in [9.17, 15) is 14.3 Å². The number of nitrogens with one attached hydrogen (secondary N) is 2. The molecular weight excluding hydrogens is 413 g/mol. The Hall–Kier alpha value is -3.40. The predicted octanol–water partition coefficient (Wildman–Crippen LogP) is 2.23. The Balaban J connectivity index is 1.73. The molecule has 0 atom stereocenters. The van der Waals surface area contributed by atoms with E-state index in [2.05, 4.69) is 32.5 Å². The molecule has 168 valence electrons. The van der Waals surface area contributed by atoms with E-state index in [1.165, 1.54) is 12.3 Å². The van der Waals surface area contributed by atoms with Crippen LogP contribution in [0.2, 0.25) is 0 Å². The third-order valence-corrected chi connectivity index (χ3v) is 5.90. The number of benzene rings is 1. The van der Waals surface area contributed by atoms with Crippen LogP contribution in [0.5, 0.6) is 0 Å². The lowest BCUT2D eigenvalue weighted by molar-refractivity contribution is -0.115. The Kier molecular flexibility index (Phi) is 6.13. The highest BCUT2D eigenvalue weighted by Crippen LogP contribution is 2.35. The highest BCUT2D eigenvalue weighted by atomic mass is 19.1. The van der Waals surface area contributed by atoms with Crippen LogP contribution >= 0.6 is 0 Å². The predicted molar refractivity (Wildman–Crippen MR) is 122 cm³/mol. The Bertz CT molecular complexity index is 1080. The number of fused-ring (bicyclic) bond motifs is 1. The smallest absolute Gasteiger partial charge is 0.245 e. The van der Waals surface area contributed by atoms with Crippen molar-refractivity contribution in [3.8, 4) is 11.3 Å². The first kappa shape index (κ1) is 21.8. The van der Waals surface area contributed by atoms with Crippen LogP contribution in [-0.2, 0) is 4.79 Å². The molecule has 1 aromatic heterocycles. The third-order valence-electron chi connectivity index (χ3n) is 5.90. The number of aromatic nitrogens is 2. The summed E-state index contributed by atoms with van der Waals surface area (Å²) >= 11 is 0. The molecule has 1 aromatic carbocycles. The number of aryl methyl sites for hydroxylation is 1. The summed E-state index contributed by atoms with van der Waals surface area (Å²) in [5.74, 6) is 0.468. The van der Waals surface area contributed by atoms with Crippen molar-refractivity contribution in [2.24, 2.45) is 10.1 Å². The number of amides is 1. The van der Waals surface area contributed by atoms with Gasteiger partial charge in [0.15, 0.2) is 17.5 Å². The van der Waals surface area contributed by atoms with E-state index in [-0.39, 0.29) is 36.0 Å². The molecule has 2 heterocycles. The summed E-state index contributed by atoms with van der Waals surface area (Å²) in [6.07, 6.45) is 4.14. The lowest BCUT2D eigenvalue weighted by Crippen LogP contribution is -2.47. The van der Waals surface area contributed by atoms with Crippen molar-refractivity contribution in [1.29, 1.82) is 0 Å². The number of aliphatic hydroxyl groups excluding tert-OH is 1. The maximum Gasteiger partial charge on any atom is 0.245 e. The molecule has 0 spiro atoms. The first-order chi connectivity index (χ1) is 15.4. The van der Waals surface area contributed by atoms with Crippen LogP contribution in [0.15, 0.2) is 28.4 Å². The number of amidine groups is 1. The number of nitrogens with zero attached hydrogens (tertiary/aromatic N) is 5. The zero-order valence-electron chi connectivity index (χ0n) is 18.1. The number of carbonyl (C=O) groups is 1. The lowest BCUT2D eigenvalue weighted by atomic mass is 9.91. The summed E-state index contributed by atoms with van der Waals surface area (Å²) in [6, 6.07) is 3.13. The van der Waals surface area contributed by atoms with E-state index in [0.29, 0.717) is 35.7 Å². The average molecular weight is 439 g/mol. The van der Waals surface area contributed by atoms with E-state index in [1.54, 1.807) is 13.1 Å². The van der Waals surface area contributed by atoms with Gasteiger partial charge in [0.25, 0.3) is 0 Å². The van der Waals surface area contributed by atoms with Gasteiger partial charge in [-0.2, -0.15) is 5.10 Å². The summed E-state index contributed by atoms with van der Waals surface area (Å²) in [5.41, 5.74) is 4.69. The van der Waals surface area contributed by atoms with Crippen molar-refractivity contribution in [3.63, 3.8) is 0 Å². The van der Waals surface area contributed by atoms with E-state index < -0.39 is 5.82 Å². The first-order valence-electron chi connectivity index (χ1n) is 10.5. The number of carbonyl (C=O) groups excluding carboxylic acids is 1. The van der Waals surface area contributed by atoms with Gasteiger partial charge in [0.2, 0.25) is 5.91 Å². The maximum atomic E-state index is 14.9. The summed E-state index contributed by atoms with van der Waals surface area (Å²) < 4.78 is 14.9. The monoisotopic (exact) mass is 439 g/mol. The van der Waals surface area contributed by atoms with Gasteiger partial charge in [0.05, 0.1) is 30.1 Å². The number of rotatable bonds is 4. The first-order valence-corrected chi connectivity index (χ1v) is 10.5. The Morgan fingerprint density at radius 2 is 2.09 bits per heavy atom. The summed E-state index contributed by atoms with van der Waals surface area (Å²) in [4.78, 5) is 27.2. The molecule has 0 bridgehead atoms. The van der Waals surface area contributed by atoms with Crippen LogP contribution in [0.1, 0.15) is 36.8 Å². The number of aliphatic hydroxyl groups is 1. The van der Waals surface area contributed by atoms with Gasteiger partial charge in [-0.3, -0.25) is 4.79 Å². The minimum atomic E-state index is -0.502. The second-order valence-corrected chi connectivity index (χ2v) is 8.03. The third kappa shape index (κ3) is 4.18. The molecule has 1 saturated carbocycles. The second kappa shape index (κ2) is 8.99. The summed E-state index contributed by atoms with van der Waals surface area (Å²) in [5, 5.41) is 16.6. The second-order valence-electron chi connectivity index (χ2n) is 8.03. The molecule has 2 aromatic rings. The molecule has 32 heavy (non-hydrogen) atoms. The van der Waals surface area contributed by atoms with Crippen molar-refractivity contribution in [3.05, 3.63) is 35.3 Å². The van der Waals surface area contributed by atoms with Crippen LogP contribution in [0, 0.1) is 12.7 Å². The van der Waals surface area contributed by atoms with Crippen LogP contribution in [0.3, 0.4) is 0 Å². The SMILES string of the molecule is C=N/C(=N\NC)c1cc(C)c(-c2cnc3c(n2)N(C2CCC(O)CC2)CC(=O)N3)cc1F. The van der Waals surface area contributed by atoms with Crippen LogP contribution in [-0.4, -0.2) is 59.3 Å².